The molecular formula is C24H25IN2O4. The first-order valence-electron chi connectivity index (χ1n) is 9.91. The highest BCUT2D eigenvalue weighted by molar-refractivity contribution is 14.1. The molecule has 3 aromatic rings. The maximum absolute atomic E-state index is 13.3. The summed E-state index contributed by atoms with van der Waals surface area (Å²) in [6, 6.07) is 17.3. The van der Waals surface area contributed by atoms with Crippen LogP contribution in [0.2, 0.25) is 0 Å². The Morgan fingerprint density at radius 1 is 1.00 bits per heavy atom. The average Bonchev–Trinajstić information content (AvgIpc) is 3.05. The second kappa shape index (κ2) is 10.00. The predicted molar refractivity (Wildman–Crippen MR) is 128 cm³/mol. The molecule has 0 atom stereocenters. The highest BCUT2D eigenvalue weighted by Crippen LogP contribution is 2.35. The second-order valence-electron chi connectivity index (χ2n) is 7.16. The summed E-state index contributed by atoms with van der Waals surface area (Å²) >= 11 is 2.21. The van der Waals surface area contributed by atoms with Crippen LogP contribution in [0.4, 0.5) is 0 Å². The highest BCUT2D eigenvalue weighted by Gasteiger charge is 2.32. The smallest absolute Gasteiger partial charge is 0.355 e. The van der Waals surface area contributed by atoms with Crippen LogP contribution in [0, 0.1) is 10.5 Å². The molecule has 1 heterocycles. The zero-order valence-corrected chi connectivity index (χ0v) is 20.2. The molecule has 0 N–H and O–H groups in total. The number of ether oxygens (including phenoxy) is 2. The first-order chi connectivity index (χ1) is 14.8. The van der Waals surface area contributed by atoms with Crippen molar-refractivity contribution in [3.8, 4) is 11.4 Å². The van der Waals surface area contributed by atoms with Crippen molar-refractivity contribution in [2.75, 3.05) is 20.7 Å². The fourth-order valence-electron chi connectivity index (χ4n) is 3.27. The van der Waals surface area contributed by atoms with Crippen LogP contribution in [0.3, 0.4) is 0 Å². The van der Waals surface area contributed by atoms with Gasteiger partial charge in [0.2, 0.25) is 0 Å². The normalized spacial score (nSPS) is 10.6. The molecule has 0 spiro atoms. The van der Waals surface area contributed by atoms with Crippen LogP contribution < -0.4 is 4.74 Å². The molecule has 0 fully saturated rings. The standard InChI is InChI=1S/C24H25IN2O4/c1-5-30-24(29)20-16(2)22(31-15-17-9-7-6-8-10-17)21(23(28)26(3)4)27(20)19-13-11-18(25)12-14-19/h6-14H,5,15H2,1-4H3. The third-order valence-corrected chi connectivity index (χ3v) is 5.47. The summed E-state index contributed by atoms with van der Waals surface area (Å²) in [6.45, 7) is 4.04. The van der Waals surface area contributed by atoms with E-state index in [4.69, 9.17) is 9.47 Å². The minimum absolute atomic E-state index is 0.229. The number of carbonyl (C=O) groups is 2. The molecule has 0 aliphatic rings. The first-order valence-corrected chi connectivity index (χ1v) is 11.0. The fraction of sp³-hybridized carbons (Fsp3) is 0.250. The number of nitrogens with zero attached hydrogens (tertiary/aromatic N) is 2. The van der Waals surface area contributed by atoms with Crippen molar-refractivity contribution in [3.05, 3.63) is 80.7 Å². The number of hydrogen-bond donors (Lipinski definition) is 0. The van der Waals surface area contributed by atoms with Crippen molar-refractivity contribution < 1.29 is 19.1 Å². The summed E-state index contributed by atoms with van der Waals surface area (Å²) in [5, 5.41) is 0. The fourth-order valence-corrected chi connectivity index (χ4v) is 3.63. The van der Waals surface area contributed by atoms with Crippen molar-refractivity contribution in [1.29, 1.82) is 0 Å². The Morgan fingerprint density at radius 3 is 2.23 bits per heavy atom. The lowest BCUT2D eigenvalue weighted by Crippen LogP contribution is -2.26. The molecule has 3 rings (SSSR count). The van der Waals surface area contributed by atoms with Crippen LogP contribution in [0.5, 0.6) is 5.75 Å². The molecule has 0 aliphatic carbocycles. The number of aromatic nitrogens is 1. The lowest BCUT2D eigenvalue weighted by molar-refractivity contribution is 0.0516. The van der Waals surface area contributed by atoms with Crippen LogP contribution in [-0.2, 0) is 11.3 Å². The molecule has 2 aromatic carbocycles. The van der Waals surface area contributed by atoms with Crippen LogP contribution >= 0.6 is 22.6 Å². The molecular weight excluding hydrogens is 507 g/mol. The van der Waals surface area contributed by atoms with E-state index < -0.39 is 5.97 Å². The van der Waals surface area contributed by atoms with Gasteiger partial charge in [-0.3, -0.25) is 9.36 Å². The van der Waals surface area contributed by atoms with Gasteiger partial charge in [0, 0.05) is 28.9 Å². The van der Waals surface area contributed by atoms with Gasteiger partial charge in [-0.2, -0.15) is 0 Å². The van der Waals surface area contributed by atoms with E-state index in [1.54, 1.807) is 32.5 Å². The van der Waals surface area contributed by atoms with E-state index in [0.29, 0.717) is 22.7 Å². The number of carbonyl (C=O) groups excluding carboxylic acids is 2. The molecule has 1 aromatic heterocycles. The topological polar surface area (TPSA) is 60.8 Å². The van der Waals surface area contributed by atoms with Gasteiger partial charge in [0.25, 0.3) is 5.91 Å². The SMILES string of the molecule is CCOC(=O)c1c(C)c(OCc2ccccc2)c(C(=O)N(C)C)n1-c1ccc(I)cc1. The highest BCUT2D eigenvalue weighted by atomic mass is 127. The molecule has 162 valence electrons. The van der Waals surface area contributed by atoms with Crippen LogP contribution in [0.25, 0.3) is 5.69 Å². The summed E-state index contributed by atoms with van der Waals surface area (Å²) in [4.78, 5) is 27.7. The molecule has 6 nitrogen and oxygen atoms in total. The van der Waals surface area contributed by atoms with E-state index in [0.717, 1.165) is 9.13 Å². The Labute approximate surface area is 195 Å². The molecule has 0 saturated heterocycles. The third-order valence-electron chi connectivity index (χ3n) is 4.75. The third kappa shape index (κ3) is 4.92. The number of amides is 1. The van der Waals surface area contributed by atoms with Crippen molar-refractivity contribution in [2.45, 2.75) is 20.5 Å². The summed E-state index contributed by atoms with van der Waals surface area (Å²) in [7, 11) is 3.35. The molecule has 0 saturated carbocycles. The first kappa shape index (κ1) is 22.9. The van der Waals surface area contributed by atoms with Gasteiger partial charge in [-0.25, -0.2) is 4.79 Å². The number of esters is 1. The van der Waals surface area contributed by atoms with Crippen LogP contribution in [0.15, 0.2) is 54.6 Å². The Kier molecular flexibility index (Phi) is 7.37. The average molecular weight is 532 g/mol. The zero-order valence-electron chi connectivity index (χ0n) is 18.0. The minimum Gasteiger partial charge on any atom is -0.486 e. The number of rotatable bonds is 7. The van der Waals surface area contributed by atoms with Crippen LogP contribution in [0.1, 0.15) is 39.0 Å². The molecule has 0 radical (unpaired) electrons. The van der Waals surface area contributed by atoms with E-state index in [1.807, 2.05) is 54.6 Å². The van der Waals surface area contributed by atoms with Crippen molar-refractivity contribution in [2.24, 2.45) is 0 Å². The van der Waals surface area contributed by atoms with Gasteiger partial charge >= 0.3 is 5.97 Å². The molecule has 1 amide bonds. The van der Waals surface area contributed by atoms with Gasteiger partial charge < -0.3 is 14.4 Å². The molecule has 7 heteroatoms. The number of hydrogen-bond acceptors (Lipinski definition) is 4. The summed E-state index contributed by atoms with van der Waals surface area (Å²) in [6.07, 6.45) is 0. The van der Waals surface area contributed by atoms with Crippen molar-refractivity contribution in [1.82, 2.24) is 9.47 Å². The van der Waals surface area contributed by atoms with Crippen LogP contribution in [-0.4, -0.2) is 42.0 Å². The Balaban J connectivity index is 2.23. The Hall–Kier alpha value is -2.81. The van der Waals surface area contributed by atoms with Gasteiger partial charge in [0.1, 0.15) is 12.3 Å². The minimum atomic E-state index is -0.499. The number of benzene rings is 2. The van der Waals surface area contributed by atoms with Crippen molar-refractivity contribution in [3.63, 3.8) is 0 Å². The maximum atomic E-state index is 13.3. The second-order valence-corrected chi connectivity index (χ2v) is 8.40. The molecule has 0 aliphatic heterocycles. The molecule has 0 bridgehead atoms. The maximum Gasteiger partial charge on any atom is 0.355 e. The summed E-state index contributed by atoms with van der Waals surface area (Å²) in [5.74, 6) is -0.384. The summed E-state index contributed by atoms with van der Waals surface area (Å²) < 4.78 is 14.2. The van der Waals surface area contributed by atoms with E-state index in [-0.39, 0.29) is 24.8 Å². The van der Waals surface area contributed by atoms with E-state index >= 15 is 0 Å². The van der Waals surface area contributed by atoms with E-state index in [9.17, 15) is 9.59 Å². The van der Waals surface area contributed by atoms with Gasteiger partial charge in [-0.15, -0.1) is 0 Å². The lowest BCUT2D eigenvalue weighted by atomic mass is 10.2. The predicted octanol–water partition coefficient (Wildman–Crippen LogP) is 4.85. The van der Waals surface area contributed by atoms with Gasteiger partial charge in [0.05, 0.1) is 6.61 Å². The largest absolute Gasteiger partial charge is 0.486 e. The van der Waals surface area contributed by atoms with E-state index in [1.165, 1.54) is 4.90 Å². The molecule has 0 unspecified atom stereocenters. The lowest BCUT2D eigenvalue weighted by Gasteiger charge is -2.17. The zero-order chi connectivity index (χ0) is 22.5. The summed E-state index contributed by atoms with van der Waals surface area (Å²) in [5.41, 5.74) is 2.80. The number of halogens is 1. The van der Waals surface area contributed by atoms with Gasteiger partial charge in [0.15, 0.2) is 11.4 Å². The van der Waals surface area contributed by atoms with Gasteiger partial charge in [-0.05, 0) is 66.3 Å². The van der Waals surface area contributed by atoms with Gasteiger partial charge in [-0.1, -0.05) is 30.3 Å². The monoisotopic (exact) mass is 532 g/mol. The van der Waals surface area contributed by atoms with E-state index in [2.05, 4.69) is 22.6 Å². The van der Waals surface area contributed by atoms with Crippen molar-refractivity contribution >= 4 is 34.5 Å². The molecule has 31 heavy (non-hydrogen) atoms. The quantitative estimate of drug-likeness (QED) is 0.323. The Bertz CT molecular complexity index is 1070. The Morgan fingerprint density at radius 2 is 1.65 bits per heavy atom.